The lowest BCUT2D eigenvalue weighted by atomic mass is 9.99. The summed E-state index contributed by atoms with van der Waals surface area (Å²) in [7, 11) is 1.47. The molecular weight excluding hydrogens is 264 g/mol. The predicted octanol–water partition coefficient (Wildman–Crippen LogP) is 3.78. The van der Waals surface area contributed by atoms with E-state index in [1.807, 2.05) is 0 Å². The molecule has 0 spiro atoms. The third-order valence-corrected chi connectivity index (χ3v) is 4.24. The molecule has 0 aromatic heterocycles. The first-order valence-corrected chi connectivity index (χ1v) is 8.02. The maximum atomic E-state index is 11.4. The van der Waals surface area contributed by atoms with Crippen molar-refractivity contribution >= 4 is 5.97 Å². The van der Waals surface area contributed by atoms with Gasteiger partial charge in [0.15, 0.2) is 0 Å². The topological polar surface area (TPSA) is 35.5 Å². The average Bonchev–Trinajstić information content (AvgIpc) is 3.30. The van der Waals surface area contributed by atoms with Crippen LogP contribution in [0.4, 0.5) is 0 Å². The second-order valence-electron chi connectivity index (χ2n) is 5.80. The Morgan fingerprint density at radius 1 is 1.29 bits per heavy atom. The standard InChI is InChI=1S/C18H26O3/c1-4-10-21-16-9-8-14(13(5-2)11-16)6-7-15-12-17(15)18(19)20-3/h8-9,11,15,17H,4-7,10,12H2,1-3H3. The summed E-state index contributed by atoms with van der Waals surface area (Å²) in [5, 5.41) is 0. The van der Waals surface area contributed by atoms with Crippen LogP contribution in [-0.4, -0.2) is 19.7 Å². The summed E-state index contributed by atoms with van der Waals surface area (Å²) in [6.45, 7) is 5.06. The summed E-state index contributed by atoms with van der Waals surface area (Å²) < 4.78 is 10.5. The van der Waals surface area contributed by atoms with E-state index < -0.39 is 0 Å². The van der Waals surface area contributed by atoms with Crippen molar-refractivity contribution in [3.63, 3.8) is 0 Å². The van der Waals surface area contributed by atoms with Gasteiger partial charge in [-0.3, -0.25) is 4.79 Å². The fourth-order valence-electron chi connectivity index (χ4n) is 2.83. The molecule has 0 heterocycles. The molecule has 2 unspecified atom stereocenters. The Balaban J connectivity index is 1.90. The zero-order chi connectivity index (χ0) is 15.2. The third kappa shape index (κ3) is 4.23. The van der Waals surface area contributed by atoms with Gasteiger partial charge in [-0.15, -0.1) is 0 Å². The van der Waals surface area contributed by atoms with E-state index in [9.17, 15) is 4.79 Å². The fourth-order valence-corrected chi connectivity index (χ4v) is 2.83. The largest absolute Gasteiger partial charge is 0.494 e. The van der Waals surface area contributed by atoms with Gasteiger partial charge in [-0.05, 0) is 61.3 Å². The van der Waals surface area contributed by atoms with Crippen LogP contribution in [0.3, 0.4) is 0 Å². The number of aryl methyl sites for hydroxylation is 2. The van der Waals surface area contributed by atoms with Gasteiger partial charge in [0, 0.05) is 0 Å². The van der Waals surface area contributed by atoms with Gasteiger partial charge in [0.05, 0.1) is 19.6 Å². The number of ether oxygens (including phenoxy) is 2. The number of hydrogen-bond acceptors (Lipinski definition) is 3. The molecule has 0 amide bonds. The lowest BCUT2D eigenvalue weighted by Gasteiger charge is -2.11. The van der Waals surface area contributed by atoms with Crippen LogP contribution < -0.4 is 4.74 Å². The molecule has 2 atom stereocenters. The third-order valence-electron chi connectivity index (χ3n) is 4.24. The van der Waals surface area contributed by atoms with E-state index in [4.69, 9.17) is 9.47 Å². The molecule has 1 saturated carbocycles. The Labute approximate surface area is 127 Å². The van der Waals surface area contributed by atoms with Crippen molar-refractivity contribution in [1.29, 1.82) is 0 Å². The van der Waals surface area contributed by atoms with E-state index in [0.29, 0.717) is 5.92 Å². The monoisotopic (exact) mass is 290 g/mol. The molecule has 1 aliphatic rings. The Bertz CT molecular complexity index is 481. The van der Waals surface area contributed by atoms with E-state index in [1.54, 1.807) is 0 Å². The van der Waals surface area contributed by atoms with Gasteiger partial charge in [0.25, 0.3) is 0 Å². The van der Waals surface area contributed by atoms with E-state index in [0.717, 1.165) is 44.5 Å². The highest BCUT2D eigenvalue weighted by Crippen LogP contribution is 2.43. The lowest BCUT2D eigenvalue weighted by Crippen LogP contribution is -2.05. The predicted molar refractivity (Wildman–Crippen MR) is 83.5 cm³/mol. The normalized spacial score (nSPS) is 20.1. The summed E-state index contributed by atoms with van der Waals surface area (Å²) in [6.07, 6.45) is 5.15. The Kier molecular flexibility index (Phi) is 5.66. The number of hydrogen-bond donors (Lipinski definition) is 0. The maximum Gasteiger partial charge on any atom is 0.308 e. The molecule has 0 radical (unpaired) electrons. The number of esters is 1. The molecule has 3 nitrogen and oxygen atoms in total. The molecule has 1 aromatic rings. The van der Waals surface area contributed by atoms with E-state index in [1.165, 1.54) is 18.2 Å². The zero-order valence-electron chi connectivity index (χ0n) is 13.4. The van der Waals surface area contributed by atoms with Crippen molar-refractivity contribution in [2.45, 2.75) is 46.0 Å². The van der Waals surface area contributed by atoms with Crippen LogP contribution >= 0.6 is 0 Å². The van der Waals surface area contributed by atoms with Crippen LogP contribution in [0, 0.1) is 11.8 Å². The number of carbonyl (C=O) groups excluding carboxylic acids is 1. The second-order valence-corrected chi connectivity index (χ2v) is 5.80. The van der Waals surface area contributed by atoms with Crippen molar-refractivity contribution in [1.82, 2.24) is 0 Å². The molecule has 116 valence electrons. The first-order valence-electron chi connectivity index (χ1n) is 8.02. The van der Waals surface area contributed by atoms with Gasteiger partial charge >= 0.3 is 5.97 Å². The van der Waals surface area contributed by atoms with Crippen molar-refractivity contribution in [2.75, 3.05) is 13.7 Å². The minimum atomic E-state index is -0.0426. The van der Waals surface area contributed by atoms with E-state index >= 15 is 0 Å². The van der Waals surface area contributed by atoms with Crippen molar-refractivity contribution in [3.05, 3.63) is 29.3 Å². The molecule has 2 rings (SSSR count). The van der Waals surface area contributed by atoms with Crippen LogP contribution in [0.5, 0.6) is 5.75 Å². The van der Waals surface area contributed by atoms with Crippen LogP contribution in [0.2, 0.25) is 0 Å². The quantitative estimate of drug-likeness (QED) is 0.683. The molecule has 1 fully saturated rings. The van der Waals surface area contributed by atoms with Crippen LogP contribution in [0.1, 0.15) is 44.2 Å². The van der Waals surface area contributed by atoms with Crippen LogP contribution in [-0.2, 0) is 22.4 Å². The highest BCUT2D eigenvalue weighted by molar-refractivity contribution is 5.75. The van der Waals surface area contributed by atoms with Gasteiger partial charge < -0.3 is 9.47 Å². The summed E-state index contributed by atoms with van der Waals surface area (Å²) in [5.41, 5.74) is 2.75. The second kappa shape index (κ2) is 7.48. The van der Waals surface area contributed by atoms with Gasteiger partial charge in [-0.25, -0.2) is 0 Å². The molecule has 0 aliphatic heterocycles. The van der Waals surface area contributed by atoms with E-state index in [2.05, 4.69) is 32.0 Å². The molecule has 3 heteroatoms. The summed E-state index contributed by atoms with van der Waals surface area (Å²) in [5.74, 6) is 1.58. The number of carbonyl (C=O) groups is 1. The summed E-state index contributed by atoms with van der Waals surface area (Å²) >= 11 is 0. The van der Waals surface area contributed by atoms with Crippen LogP contribution in [0.15, 0.2) is 18.2 Å². The van der Waals surface area contributed by atoms with Crippen molar-refractivity contribution in [2.24, 2.45) is 11.8 Å². The molecule has 1 aliphatic carbocycles. The van der Waals surface area contributed by atoms with E-state index in [-0.39, 0.29) is 11.9 Å². The Morgan fingerprint density at radius 2 is 2.10 bits per heavy atom. The molecule has 1 aromatic carbocycles. The highest BCUT2D eigenvalue weighted by atomic mass is 16.5. The summed E-state index contributed by atoms with van der Waals surface area (Å²) in [4.78, 5) is 11.4. The number of rotatable bonds is 8. The Hall–Kier alpha value is -1.51. The smallest absolute Gasteiger partial charge is 0.308 e. The average molecular weight is 290 g/mol. The number of benzene rings is 1. The Morgan fingerprint density at radius 3 is 2.76 bits per heavy atom. The zero-order valence-corrected chi connectivity index (χ0v) is 13.4. The van der Waals surface area contributed by atoms with Crippen molar-refractivity contribution in [3.8, 4) is 5.75 Å². The first kappa shape index (κ1) is 15.9. The van der Waals surface area contributed by atoms with Gasteiger partial charge in [0.2, 0.25) is 0 Å². The number of methoxy groups -OCH3 is 1. The highest BCUT2D eigenvalue weighted by Gasteiger charge is 2.43. The molecule has 21 heavy (non-hydrogen) atoms. The van der Waals surface area contributed by atoms with Crippen LogP contribution in [0.25, 0.3) is 0 Å². The van der Waals surface area contributed by atoms with Gasteiger partial charge in [-0.1, -0.05) is 19.9 Å². The fraction of sp³-hybridized carbons (Fsp3) is 0.611. The lowest BCUT2D eigenvalue weighted by molar-refractivity contribution is -0.142. The first-order chi connectivity index (χ1) is 10.2. The molecule has 0 bridgehead atoms. The minimum Gasteiger partial charge on any atom is -0.494 e. The molecule has 0 saturated heterocycles. The summed E-state index contributed by atoms with van der Waals surface area (Å²) in [6, 6.07) is 6.41. The van der Waals surface area contributed by atoms with Gasteiger partial charge in [0.1, 0.15) is 5.75 Å². The maximum absolute atomic E-state index is 11.4. The molecule has 0 N–H and O–H groups in total. The van der Waals surface area contributed by atoms with Crippen molar-refractivity contribution < 1.29 is 14.3 Å². The van der Waals surface area contributed by atoms with Gasteiger partial charge in [-0.2, -0.15) is 0 Å². The SMILES string of the molecule is CCCOc1ccc(CCC2CC2C(=O)OC)c(CC)c1. The minimum absolute atomic E-state index is 0.0426. The molecular formula is C18H26O3.